The number of phenolic OH excluding ortho intramolecular Hbond substituents is 1. The molecule has 2 aromatic rings. The highest BCUT2D eigenvalue weighted by atomic mass is 79.9. The SMILES string of the molecule is Oc1cc(Br)cc2cccc(Br)c12. The number of phenols is 1. The van der Waals surface area contributed by atoms with Gasteiger partial charge in [-0.05, 0) is 23.6 Å². The average Bonchev–Trinajstić information content (AvgIpc) is 2.02. The molecule has 1 nitrogen and oxygen atoms in total. The summed E-state index contributed by atoms with van der Waals surface area (Å²) in [6, 6.07) is 9.48. The molecule has 1 N–H and O–H groups in total. The minimum absolute atomic E-state index is 0.289. The van der Waals surface area contributed by atoms with E-state index in [-0.39, 0.29) is 5.75 Å². The van der Waals surface area contributed by atoms with Gasteiger partial charge in [-0.1, -0.05) is 44.0 Å². The van der Waals surface area contributed by atoms with Crippen LogP contribution in [0.2, 0.25) is 0 Å². The van der Waals surface area contributed by atoms with Crippen molar-refractivity contribution < 1.29 is 5.11 Å². The molecule has 0 heterocycles. The van der Waals surface area contributed by atoms with Gasteiger partial charge in [-0.15, -0.1) is 0 Å². The van der Waals surface area contributed by atoms with E-state index in [0.717, 1.165) is 19.7 Å². The first-order valence-corrected chi connectivity index (χ1v) is 5.34. The summed E-state index contributed by atoms with van der Waals surface area (Å²) in [5, 5.41) is 11.5. The summed E-state index contributed by atoms with van der Waals surface area (Å²) in [5.74, 6) is 0.289. The Morgan fingerprint density at radius 2 is 1.85 bits per heavy atom. The summed E-state index contributed by atoms with van der Waals surface area (Å²) in [6.45, 7) is 0. The van der Waals surface area contributed by atoms with Crippen molar-refractivity contribution in [3.8, 4) is 5.75 Å². The van der Waals surface area contributed by atoms with E-state index in [1.807, 2.05) is 24.3 Å². The zero-order valence-corrected chi connectivity index (χ0v) is 9.76. The van der Waals surface area contributed by atoms with Gasteiger partial charge in [0.05, 0.1) is 0 Å². The first-order chi connectivity index (χ1) is 6.18. The van der Waals surface area contributed by atoms with Gasteiger partial charge >= 0.3 is 0 Å². The largest absolute Gasteiger partial charge is 0.507 e. The lowest BCUT2D eigenvalue weighted by atomic mass is 10.1. The van der Waals surface area contributed by atoms with Gasteiger partial charge in [0.15, 0.2) is 0 Å². The van der Waals surface area contributed by atoms with Crippen molar-refractivity contribution in [2.45, 2.75) is 0 Å². The summed E-state index contributed by atoms with van der Waals surface area (Å²) >= 11 is 6.73. The van der Waals surface area contributed by atoms with Crippen LogP contribution in [0.5, 0.6) is 5.75 Å². The quantitative estimate of drug-likeness (QED) is 0.778. The molecule has 0 saturated carbocycles. The summed E-state index contributed by atoms with van der Waals surface area (Å²) in [4.78, 5) is 0. The summed E-state index contributed by atoms with van der Waals surface area (Å²) < 4.78 is 1.80. The molecule has 0 radical (unpaired) electrons. The standard InChI is InChI=1S/C10H6Br2O/c11-7-4-6-2-1-3-8(12)10(6)9(13)5-7/h1-5,13H. The molecular formula is C10H6Br2O. The van der Waals surface area contributed by atoms with Gasteiger partial charge < -0.3 is 5.11 Å². The summed E-state index contributed by atoms with van der Waals surface area (Å²) in [5.41, 5.74) is 0. The van der Waals surface area contributed by atoms with E-state index < -0.39 is 0 Å². The Labute approximate surface area is 92.6 Å². The lowest BCUT2D eigenvalue weighted by molar-refractivity contribution is 0.481. The van der Waals surface area contributed by atoms with Gasteiger partial charge in [0, 0.05) is 14.3 Å². The highest BCUT2D eigenvalue weighted by Crippen LogP contribution is 2.34. The number of aromatic hydroxyl groups is 1. The zero-order valence-electron chi connectivity index (χ0n) is 6.59. The molecule has 0 aliphatic carbocycles. The van der Waals surface area contributed by atoms with Crippen LogP contribution < -0.4 is 0 Å². The minimum atomic E-state index is 0.289. The normalized spacial score (nSPS) is 10.6. The second-order valence-electron chi connectivity index (χ2n) is 2.76. The van der Waals surface area contributed by atoms with Crippen LogP contribution in [0.4, 0.5) is 0 Å². The molecule has 2 aromatic carbocycles. The number of hydrogen-bond acceptors (Lipinski definition) is 1. The molecule has 0 bridgehead atoms. The predicted octanol–water partition coefficient (Wildman–Crippen LogP) is 4.07. The molecule has 0 saturated heterocycles. The van der Waals surface area contributed by atoms with E-state index in [2.05, 4.69) is 31.9 Å². The van der Waals surface area contributed by atoms with E-state index >= 15 is 0 Å². The second kappa shape index (κ2) is 3.31. The van der Waals surface area contributed by atoms with Crippen molar-refractivity contribution in [2.75, 3.05) is 0 Å². The Morgan fingerprint density at radius 1 is 1.08 bits per heavy atom. The molecule has 13 heavy (non-hydrogen) atoms. The van der Waals surface area contributed by atoms with Gasteiger partial charge in [-0.25, -0.2) is 0 Å². The maximum Gasteiger partial charge on any atom is 0.125 e. The third kappa shape index (κ3) is 1.58. The third-order valence-electron chi connectivity index (χ3n) is 1.87. The van der Waals surface area contributed by atoms with Crippen LogP contribution in [0, 0.1) is 0 Å². The monoisotopic (exact) mass is 300 g/mol. The molecule has 0 spiro atoms. The second-order valence-corrected chi connectivity index (χ2v) is 4.53. The van der Waals surface area contributed by atoms with Crippen LogP contribution in [-0.2, 0) is 0 Å². The lowest BCUT2D eigenvalue weighted by Gasteiger charge is -2.03. The smallest absolute Gasteiger partial charge is 0.125 e. The molecule has 0 aliphatic heterocycles. The summed E-state index contributed by atoms with van der Waals surface area (Å²) in [7, 11) is 0. The topological polar surface area (TPSA) is 20.2 Å². The van der Waals surface area contributed by atoms with Gasteiger partial charge in [0.1, 0.15) is 5.75 Å². The molecule has 2 rings (SSSR count). The van der Waals surface area contributed by atoms with Crippen LogP contribution >= 0.6 is 31.9 Å². The third-order valence-corrected chi connectivity index (χ3v) is 2.99. The molecule has 0 unspecified atom stereocenters. The average molecular weight is 302 g/mol. The first-order valence-electron chi connectivity index (χ1n) is 3.75. The number of hydrogen-bond donors (Lipinski definition) is 1. The van der Waals surface area contributed by atoms with Gasteiger partial charge in [0.2, 0.25) is 0 Å². The lowest BCUT2D eigenvalue weighted by Crippen LogP contribution is -1.76. The molecule has 0 amide bonds. The van der Waals surface area contributed by atoms with E-state index in [4.69, 9.17) is 0 Å². The molecule has 0 aromatic heterocycles. The highest BCUT2D eigenvalue weighted by Gasteiger charge is 2.04. The van der Waals surface area contributed by atoms with E-state index in [1.54, 1.807) is 6.07 Å². The highest BCUT2D eigenvalue weighted by molar-refractivity contribution is 9.11. The van der Waals surface area contributed by atoms with Crippen LogP contribution in [0.25, 0.3) is 10.8 Å². The van der Waals surface area contributed by atoms with Crippen LogP contribution in [0.3, 0.4) is 0 Å². The Hall–Kier alpha value is -0.540. The number of halogens is 2. The molecular weight excluding hydrogens is 296 g/mol. The fourth-order valence-corrected chi connectivity index (χ4v) is 2.37. The minimum Gasteiger partial charge on any atom is -0.507 e. The maximum atomic E-state index is 9.67. The Kier molecular flexibility index (Phi) is 2.30. The maximum absolute atomic E-state index is 9.67. The Morgan fingerprint density at radius 3 is 2.62 bits per heavy atom. The molecule has 0 atom stereocenters. The van der Waals surface area contributed by atoms with Gasteiger partial charge in [-0.2, -0.15) is 0 Å². The summed E-state index contributed by atoms with van der Waals surface area (Å²) in [6.07, 6.45) is 0. The van der Waals surface area contributed by atoms with Crippen LogP contribution in [-0.4, -0.2) is 5.11 Å². The van der Waals surface area contributed by atoms with Gasteiger partial charge in [0.25, 0.3) is 0 Å². The van der Waals surface area contributed by atoms with Crippen molar-refractivity contribution in [2.24, 2.45) is 0 Å². The van der Waals surface area contributed by atoms with E-state index in [0.29, 0.717) is 0 Å². The molecule has 0 aliphatic rings. The fraction of sp³-hybridized carbons (Fsp3) is 0. The van der Waals surface area contributed by atoms with Crippen LogP contribution in [0.15, 0.2) is 39.3 Å². The fourth-order valence-electron chi connectivity index (χ4n) is 1.32. The molecule has 3 heteroatoms. The predicted molar refractivity (Wildman–Crippen MR) is 61.0 cm³/mol. The van der Waals surface area contributed by atoms with Crippen molar-refractivity contribution in [3.63, 3.8) is 0 Å². The Bertz CT molecular complexity index is 466. The first kappa shape index (κ1) is 9.03. The van der Waals surface area contributed by atoms with Crippen molar-refractivity contribution >= 4 is 42.6 Å². The van der Waals surface area contributed by atoms with E-state index in [9.17, 15) is 5.11 Å². The van der Waals surface area contributed by atoms with Gasteiger partial charge in [-0.3, -0.25) is 0 Å². The molecule has 66 valence electrons. The zero-order chi connectivity index (χ0) is 9.42. The number of rotatable bonds is 0. The molecule has 0 fully saturated rings. The van der Waals surface area contributed by atoms with Crippen LogP contribution in [0.1, 0.15) is 0 Å². The Balaban J connectivity index is 2.94. The number of benzene rings is 2. The van der Waals surface area contributed by atoms with E-state index in [1.165, 1.54) is 0 Å². The van der Waals surface area contributed by atoms with Crippen molar-refractivity contribution in [3.05, 3.63) is 39.3 Å². The van der Waals surface area contributed by atoms with Crippen molar-refractivity contribution in [1.29, 1.82) is 0 Å². The van der Waals surface area contributed by atoms with Crippen molar-refractivity contribution in [1.82, 2.24) is 0 Å². The number of fused-ring (bicyclic) bond motifs is 1.